The molecule has 2 N–H and O–H groups in total. The van der Waals surface area contributed by atoms with Crippen molar-refractivity contribution < 1.29 is 4.79 Å². The van der Waals surface area contributed by atoms with Crippen molar-refractivity contribution in [2.75, 3.05) is 0 Å². The van der Waals surface area contributed by atoms with Crippen LogP contribution < -0.4 is 5.69 Å². The quantitative estimate of drug-likeness (QED) is 0.775. The highest BCUT2D eigenvalue weighted by atomic mass is 16.1. The summed E-state index contributed by atoms with van der Waals surface area (Å²) in [5.41, 5.74) is 0.934. The van der Waals surface area contributed by atoms with E-state index in [9.17, 15) is 9.59 Å². The number of H-pyrrole nitrogens is 2. The number of aromatic nitrogens is 3. The Morgan fingerprint density at radius 1 is 1.44 bits per heavy atom. The fraction of sp³-hybridized carbons (Fsp3) is 0.167. The first-order valence-electron chi connectivity index (χ1n) is 5.37. The molecule has 18 heavy (non-hydrogen) atoms. The number of aromatic amines is 2. The van der Waals surface area contributed by atoms with Crippen LogP contribution in [0.25, 0.3) is 0 Å². The van der Waals surface area contributed by atoms with Gasteiger partial charge in [-0.15, -0.1) is 0 Å². The van der Waals surface area contributed by atoms with Gasteiger partial charge in [-0.25, -0.2) is 4.79 Å². The van der Waals surface area contributed by atoms with Crippen molar-refractivity contribution in [3.05, 3.63) is 51.5 Å². The van der Waals surface area contributed by atoms with Gasteiger partial charge in [0.05, 0.1) is 5.56 Å². The first kappa shape index (κ1) is 11.8. The van der Waals surface area contributed by atoms with Gasteiger partial charge in [-0.05, 0) is 18.6 Å². The van der Waals surface area contributed by atoms with Gasteiger partial charge >= 0.3 is 5.69 Å². The van der Waals surface area contributed by atoms with E-state index in [0.717, 1.165) is 0 Å². The van der Waals surface area contributed by atoms with Gasteiger partial charge in [0, 0.05) is 11.9 Å². The van der Waals surface area contributed by atoms with Gasteiger partial charge in [0.1, 0.15) is 17.5 Å². The van der Waals surface area contributed by atoms with E-state index in [4.69, 9.17) is 5.26 Å². The number of imidazole rings is 1. The van der Waals surface area contributed by atoms with Crippen molar-refractivity contribution in [3.8, 4) is 6.07 Å². The summed E-state index contributed by atoms with van der Waals surface area (Å²) in [5.74, 6) is -0.366. The Labute approximate surface area is 102 Å². The highest BCUT2D eigenvalue weighted by Gasteiger charge is 2.17. The van der Waals surface area contributed by atoms with Crippen LogP contribution in [0.1, 0.15) is 34.4 Å². The topological polar surface area (TPSA) is 102 Å². The van der Waals surface area contributed by atoms with Crippen molar-refractivity contribution in [2.24, 2.45) is 0 Å². The zero-order valence-electron chi connectivity index (χ0n) is 9.65. The Morgan fingerprint density at radius 2 is 2.22 bits per heavy atom. The van der Waals surface area contributed by atoms with Crippen LogP contribution in [0.5, 0.6) is 0 Å². The Bertz CT molecular complexity index is 673. The van der Waals surface area contributed by atoms with Crippen LogP contribution >= 0.6 is 0 Å². The first-order valence-corrected chi connectivity index (χ1v) is 5.37. The molecule has 0 saturated carbocycles. The predicted molar refractivity (Wildman–Crippen MR) is 63.2 cm³/mol. The van der Waals surface area contributed by atoms with Gasteiger partial charge in [-0.2, -0.15) is 5.26 Å². The van der Waals surface area contributed by atoms with Crippen molar-refractivity contribution in [3.63, 3.8) is 0 Å². The van der Waals surface area contributed by atoms with Gasteiger partial charge < -0.3 is 9.97 Å². The molecule has 0 fully saturated rings. The molecule has 6 heteroatoms. The SMILES string of the molecule is CCc1[nH]c(=O)[nH]c1C(=O)c1ccc(C#N)cn1. The lowest BCUT2D eigenvalue weighted by Crippen LogP contribution is -2.08. The zero-order valence-corrected chi connectivity index (χ0v) is 9.65. The second-order valence-corrected chi connectivity index (χ2v) is 3.66. The average molecular weight is 242 g/mol. The molecule has 0 aliphatic carbocycles. The normalized spacial score (nSPS) is 10.0. The Kier molecular flexibility index (Phi) is 3.06. The van der Waals surface area contributed by atoms with Crippen LogP contribution in [0, 0.1) is 11.3 Å². The number of aryl methyl sites for hydroxylation is 1. The van der Waals surface area contributed by atoms with E-state index < -0.39 is 5.69 Å². The predicted octanol–water partition coefficient (Wildman–Crippen LogP) is 0.763. The second kappa shape index (κ2) is 4.67. The first-order chi connectivity index (χ1) is 8.65. The molecule has 0 unspecified atom stereocenters. The molecule has 0 aliphatic rings. The maximum Gasteiger partial charge on any atom is 0.323 e. The summed E-state index contributed by atoms with van der Waals surface area (Å²) in [6.45, 7) is 1.84. The second-order valence-electron chi connectivity index (χ2n) is 3.66. The van der Waals surface area contributed by atoms with Crippen LogP contribution in [0.15, 0.2) is 23.1 Å². The van der Waals surface area contributed by atoms with Crippen LogP contribution in [0.3, 0.4) is 0 Å². The minimum Gasteiger partial charge on any atom is -0.309 e. The lowest BCUT2D eigenvalue weighted by molar-refractivity contribution is 0.102. The standard InChI is InChI=1S/C12H10N4O2/c1-2-8-10(16-12(18)15-8)11(17)9-4-3-7(5-13)6-14-9/h3-4,6H,2H2,1H3,(H2,15,16,18). The summed E-state index contributed by atoms with van der Waals surface area (Å²) in [6.07, 6.45) is 1.86. The molecule has 0 bridgehead atoms. The van der Waals surface area contributed by atoms with Gasteiger partial charge in [0.25, 0.3) is 0 Å². The molecule has 2 aromatic heterocycles. The third-order valence-corrected chi connectivity index (χ3v) is 2.51. The molecular formula is C12H10N4O2. The molecule has 0 saturated heterocycles. The molecule has 0 spiro atoms. The van der Waals surface area contributed by atoms with Crippen LogP contribution in [0.4, 0.5) is 0 Å². The highest BCUT2D eigenvalue weighted by Crippen LogP contribution is 2.09. The van der Waals surface area contributed by atoms with Crippen molar-refractivity contribution in [2.45, 2.75) is 13.3 Å². The molecule has 2 rings (SSSR count). The minimum atomic E-state index is -0.413. The smallest absolute Gasteiger partial charge is 0.309 e. The Morgan fingerprint density at radius 3 is 2.78 bits per heavy atom. The monoisotopic (exact) mass is 242 g/mol. The number of rotatable bonds is 3. The number of nitriles is 1. The van der Waals surface area contributed by atoms with E-state index in [1.807, 2.05) is 13.0 Å². The number of nitrogens with zero attached hydrogens (tertiary/aromatic N) is 2. The molecular weight excluding hydrogens is 232 g/mol. The summed E-state index contributed by atoms with van der Waals surface area (Å²) in [6, 6.07) is 4.90. The van der Waals surface area contributed by atoms with Gasteiger partial charge in [0.15, 0.2) is 0 Å². The molecule has 0 aromatic carbocycles. The molecule has 0 atom stereocenters. The number of pyridine rings is 1. The van der Waals surface area contributed by atoms with E-state index >= 15 is 0 Å². The van der Waals surface area contributed by atoms with E-state index in [-0.39, 0.29) is 17.2 Å². The number of hydrogen-bond acceptors (Lipinski definition) is 4. The van der Waals surface area contributed by atoms with Crippen LogP contribution in [-0.2, 0) is 6.42 Å². The summed E-state index contributed by atoms with van der Waals surface area (Å²) in [7, 11) is 0. The molecule has 0 aliphatic heterocycles. The lowest BCUT2D eigenvalue weighted by Gasteiger charge is -1.99. The summed E-state index contributed by atoms with van der Waals surface area (Å²) < 4.78 is 0. The number of hydrogen-bond donors (Lipinski definition) is 2. The lowest BCUT2D eigenvalue weighted by atomic mass is 10.1. The highest BCUT2D eigenvalue weighted by molar-refractivity contribution is 6.07. The van der Waals surface area contributed by atoms with Crippen molar-refractivity contribution in [1.82, 2.24) is 15.0 Å². The maximum atomic E-state index is 12.1. The maximum absolute atomic E-state index is 12.1. The molecule has 90 valence electrons. The number of carbonyl (C=O) groups is 1. The molecule has 2 aromatic rings. The summed E-state index contributed by atoms with van der Waals surface area (Å²) in [4.78, 5) is 32.2. The Balaban J connectivity index is 2.41. The minimum absolute atomic E-state index is 0.193. The van der Waals surface area contributed by atoms with Crippen molar-refractivity contribution in [1.29, 1.82) is 5.26 Å². The van der Waals surface area contributed by atoms with Gasteiger partial charge in [0.2, 0.25) is 5.78 Å². The number of ketones is 1. The average Bonchev–Trinajstić information content (AvgIpc) is 2.79. The van der Waals surface area contributed by atoms with E-state index in [1.165, 1.54) is 18.3 Å². The van der Waals surface area contributed by atoms with Crippen LogP contribution in [-0.4, -0.2) is 20.7 Å². The van der Waals surface area contributed by atoms with E-state index in [2.05, 4.69) is 15.0 Å². The molecule has 0 radical (unpaired) electrons. The van der Waals surface area contributed by atoms with E-state index in [0.29, 0.717) is 17.7 Å². The largest absolute Gasteiger partial charge is 0.323 e. The summed E-state index contributed by atoms with van der Waals surface area (Å²) >= 11 is 0. The van der Waals surface area contributed by atoms with Crippen molar-refractivity contribution >= 4 is 5.78 Å². The number of carbonyl (C=O) groups excluding carboxylic acids is 1. The number of nitrogens with one attached hydrogen (secondary N) is 2. The third kappa shape index (κ3) is 2.06. The fourth-order valence-corrected chi connectivity index (χ4v) is 1.60. The van der Waals surface area contributed by atoms with Gasteiger partial charge in [-0.3, -0.25) is 9.78 Å². The molecule has 6 nitrogen and oxygen atoms in total. The summed E-state index contributed by atoms with van der Waals surface area (Å²) in [5, 5.41) is 8.64. The zero-order chi connectivity index (χ0) is 13.1. The van der Waals surface area contributed by atoms with E-state index in [1.54, 1.807) is 0 Å². The molecule has 2 heterocycles. The van der Waals surface area contributed by atoms with Crippen LogP contribution in [0.2, 0.25) is 0 Å². The van der Waals surface area contributed by atoms with Gasteiger partial charge in [-0.1, -0.05) is 6.92 Å². The fourth-order valence-electron chi connectivity index (χ4n) is 1.60. The molecule has 0 amide bonds. The third-order valence-electron chi connectivity index (χ3n) is 2.51. The Hall–Kier alpha value is -2.68.